The number of hydrogen-bond acceptors (Lipinski definition) is 3. The third-order valence-electron chi connectivity index (χ3n) is 2.81. The first-order chi connectivity index (χ1) is 6.72. The van der Waals surface area contributed by atoms with Crippen molar-refractivity contribution in [3.63, 3.8) is 0 Å². The number of nitrogens with zero attached hydrogens (tertiary/aromatic N) is 1. The Morgan fingerprint density at radius 3 is 2.79 bits per heavy atom. The molecule has 0 heterocycles. The summed E-state index contributed by atoms with van der Waals surface area (Å²) in [6, 6.07) is 2.66. The van der Waals surface area contributed by atoms with Crippen LogP contribution in [0.1, 0.15) is 33.1 Å². The van der Waals surface area contributed by atoms with Crippen LogP contribution >= 0.6 is 0 Å². The molecule has 1 N–H and O–H groups in total. The van der Waals surface area contributed by atoms with Crippen molar-refractivity contribution in [2.45, 2.75) is 39.2 Å². The van der Waals surface area contributed by atoms with Crippen molar-refractivity contribution in [1.82, 2.24) is 5.32 Å². The van der Waals surface area contributed by atoms with E-state index in [0.717, 1.165) is 19.8 Å². The summed E-state index contributed by atoms with van der Waals surface area (Å²) in [6.45, 7) is 6.63. The van der Waals surface area contributed by atoms with Gasteiger partial charge in [0.25, 0.3) is 0 Å². The van der Waals surface area contributed by atoms with Crippen molar-refractivity contribution in [2.75, 3.05) is 19.8 Å². The van der Waals surface area contributed by atoms with E-state index in [9.17, 15) is 0 Å². The zero-order chi connectivity index (χ0) is 10.4. The zero-order valence-corrected chi connectivity index (χ0v) is 9.18. The van der Waals surface area contributed by atoms with Gasteiger partial charge in [0.15, 0.2) is 0 Å². The molecule has 1 aliphatic rings. The quantitative estimate of drug-likeness (QED) is 0.674. The summed E-state index contributed by atoms with van der Waals surface area (Å²) in [4.78, 5) is 0. The van der Waals surface area contributed by atoms with Gasteiger partial charge in [-0.3, -0.25) is 0 Å². The maximum atomic E-state index is 8.65. The molecule has 1 atom stereocenters. The van der Waals surface area contributed by atoms with Crippen LogP contribution in [0, 0.1) is 16.7 Å². The molecule has 3 heteroatoms. The molecule has 0 aromatic rings. The minimum Gasteiger partial charge on any atom is -0.380 e. The van der Waals surface area contributed by atoms with Crippen LogP contribution in [0.25, 0.3) is 0 Å². The van der Waals surface area contributed by atoms with Crippen molar-refractivity contribution in [3.05, 3.63) is 0 Å². The maximum absolute atomic E-state index is 8.65. The SMILES string of the molecule is CCOCC(C)NCC1(CC#N)CC1. The normalized spacial score (nSPS) is 20.1. The summed E-state index contributed by atoms with van der Waals surface area (Å²) >= 11 is 0. The first kappa shape index (κ1) is 11.5. The lowest BCUT2D eigenvalue weighted by molar-refractivity contribution is 0.125. The first-order valence-electron chi connectivity index (χ1n) is 5.40. The summed E-state index contributed by atoms with van der Waals surface area (Å²) in [6.07, 6.45) is 3.10. The highest BCUT2D eigenvalue weighted by Gasteiger charge is 2.42. The van der Waals surface area contributed by atoms with Gasteiger partial charge in [-0.15, -0.1) is 0 Å². The minimum atomic E-state index is 0.301. The zero-order valence-electron chi connectivity index (χ0n) is 9.18. The van der Waals surface area contributed by atoms with Crippen molar-refractivity contribution >= 4 is 0 Å². The van der Waals surface area contributed by atoms with Gasteiger partial charge in [0, 0.05) is 25.6 Å². The highest BCUT2D eigenvalue weighted by molar-refractivity contribution is 5.00. The van der Waals surface area contributed by atoms with Gasteiger partial charge in [-0.05, 0) is 32.1 Å². The van der Waals surface area contributed by atoms with Gasteiger partial charge in [-0.25, -0.2) is 0 Å². The average Bonchev–Trinajstić information content (AvgIpc) is 2.93. The second-order valence-electron chi connectivity index (χ2n) is 4.28. The highest BCUT2D eigenvalue weighted by Crippen LogP contribution is 2.47. The second kappa shape index (κ2) is 5.33. The molecule has 14 heavy (non-hydrogen) atoms. The molecule has 0 spiro atoms. The molecule has 0 bridgehead atoms. The lowest BCUT2D eigenvalue weighted by atomic mass is 10.0. The van der Waals surface area contributed by atoms with Gasteiger partial charge in [0.05, 0.1) is 12.7 Å². The fraction of sp³-hybridized carbons (Fsp3) is 0.909. The molecule has 80 valence electrons. The van der Waals surface area contributed by atoms with E-state index in [0.29, 0.717) is 17.9 Å². The number of hydrogen-bond donors (Lipinski definition) is 1. The predicted molar refractivity (Wildman–Crippen MR) is 55.9 cm³/mol. The molecule has 3 nitrogen and oxygen atoms in total. The predicted octanol–water partition coefficient (Wildman–Crippen LogP) is 1.69. The number of rotatable bonds is 7. The Labute approximate surface area is 86.4 Å². The molecule has 1 fully saturated rings. The molecule has 0 amide bonds. The van der Waals surface area contributed by atoms with E-state index in [4.69, 9.17) is 10.00 Å². The molecule has 0 aliphatic heterocycles. The minimum absolute atomic E-state index is 0.301. The second-order valence-corrected chi connectivity index (χ2v) is 4.28. The Morgan fingerprint density at radius 1 is 1.57 bits per heavy atom. The highest BCUT2D eigenvalue weighted by atomic mass is 16.5. The maximum Gasteiger partial charge on any atom is 0.0628 e. The smallest absolute Gasteiger partial charge is 0.0628 e. The molecule has 0 aromatic heterocycles. The van der Waals surface area contributed by atoms with Crippen molar-refractivity contribution in [1.29, 1.82) is 5.26 Å². The van der Waals surface area contributed by atoms with E-state index in [1.54, 1.807) is 0 Å². The Bertz CT molecular complexity index is 206. The number of nitrogens with one attached hydrogen (secondary N) is 1. The molecular weight excluding hydrogens is 176 g/mol. The summed E-state index contributed by atoms with van der Waals surface area (Å²) in [7, 11) is 0. The summed E-state index contributed by atoms with van der Waals surface area (Å²) in [5.41, 5.74) is 0.301. The Balaban J connectivity index is 2.11. The Hall–Kier alpha value is -0.590. The van der Waals surface area contributed by atoms with Crippen LogP contribution in [0.3, 0.4) is 0 Å². The number of nitriles is 1. The van der Waals surface area contributed by atoms with Crippen LogP contribution < -0.4 is 5.32 Å². The lowest BCUT2D eigenvalue weighted by Gasteiger charge is -2.17. The van der Waals surface area contributed by atoms with E-state index >= 15 is 0 Å². The third kappa shape index (κ3) is 3.65. The van der Waals surface area contributed by atoms with Gasteiger partial charge in [-0.1, -0.05) is 0 Å². The van der Waals surface area contributed by atoms with Crippen LogP contribution in [0.4, 0.5) is 0 Å². The largest absolute Gasteiger partial charge is 0.380 e. The topological polar surface area (TPSA) is 45.0 Å². The Morgan fingerprint density at radius 2 is 2.29 bits per heavy atom. The fourth-order valence-corrected chi connectivity index (χ4v) is 1.50. The molecule has 1 unspecified atom stereocenters. The van der Waals surface area contributed by atoms with E-state index in [2.05, 4.69) is 18.3 Å². The van der Waals surface area contributed by atoms with Crippen molar-refractivity contribution < 1.29 is 4.74 Å². The Kier molecular flexibility index (Phi) is 4.37. The van der Waals surface area contributed by atoms with Gasteiger partial charge in [0.1, 0.15) is 0 Å². The monoisotopic (exact) mass is 196 g/mol. The van der Waals surface area contributed by atoms with Crippen molar-refractivity contribution in [2.24, 2.45) is 5.41 Å². The first-order valence-corrected chi connectivity index (χ1v) is 5.40. The molecular formula is C11H20N2O. The van der Waals surface area contributed by atoms with Crippen LogP contribution in [-0.4, -0.2) is 25.8 Å². The molecule has 0 saturated heterocycles. The van der Waals surface area contributed by atoms with E-state index in [1.165, 1.54) is 12.8 Å². The van der Waals surface area contributed by atoms with E-state index in [1.807, 2.05) is 6.92 Å². The molecule has 0 radical (unpaired) electrons. The van der Waals surface area contributed by atoms with E-state index in [-0.39, 0.29) is 0 Å². The van der Waals surface area contributed by atoms with Gasteiger partial charge >= 0.3 is 0 Å². The lowest BCUT2D eigenvalue weighted by Crippen LogP contribution is -2.35. The standard InChI is InChI=1S/C11H20N2O/c1-3-14-8-10(2)13-9-11(4-5-11)6-7-12/h10,13H,3-6,8-9H2,1-2H3. The summed E-state index contributed by atoms with van der Waals surface area (Å²) in [5, 5.41) is 12.1. The molecule has 1 rings (SSSR count). The average molecular weight is 196 g/mol. The fourth-order valence-electron chi connectivity index (χ4n) is 1.50. The summed E-state index contributed by atoms with van der Waals surface area (Å²) < 4.78 is 5.31. The molecule has 1 saturated carbocycles. The van der Waals surface area contributed by atoms with Gasteiger partial charge in [-0.2, -0.15) is 5.26 Å². The van der Waals surface area contributed by atoms with Gasteiger partial charge in [0.2, 0.25) is 0 Å². The molecule has 0 aromatic carbocycles. The van der Waals surface area contributed by atoms with Crippen LogP contribution in [0.15, 0.2) is 0 Å². The van der Waals surface area contributed by atoms with Crippen LogP contribution in [0.5, 0.6) is 0 Å². The molecule has 1 aliphatic carbocycles. The van der Waals surface area contributed by atoms with Crippen molar-refractivity contribution in [3.8, 4) is 6.07 Å². The van der Waals surface area contributed by atoms with Gasteiger partial charge < -0.3 is 10.1 Å². The summed E-state index contributed by atoms with van der Waals surface area (Å²) in [5.74, 6) is 0. The third-order valence-corrected chi connectivity index (χ3v) is 2.81. The van der Waals surface area contributed by atoms with Crippen LogP contribution in [0.2, 0.25) is 0 Å². The number of ether oxygens (including phenoxy) is 1. The van der Waals surface area contributed by atoms with E-state index < -0.39 is 0 Å². The van der Waals surface area contributed by atoms with Crippen LogP contribution in [-0.2, 0) is 4.74 Å².